The highest BCUT2D eigenvalue weighted by atomic mass is 16.1. The lowest BCUT2D eigenvalue weighted by molar-refractivity contribution is 0.615. The number of anilines is 1. The molecule has 3 heterocycles. The first kappa shape index (κ1) is 16.6. The molecule has 0 aliphatic heterocycles. The minimum Gasteiger partial charge on any atom is -0.379 e. The molecule has 0 atom stereocenters. The third-order valence-electron chi connectivity index (χ3n) is 4.84. The number of hydrogen-bond donors (Lipinski definition) is 1. The third kappa shape index (κ3) is 3.13. The van der Waals surface area contributed by atoms with Crippen LogP contribution in [0.5, 0.6) is 0 Å². The Morgan fingerprint density at radius 2 is 2.07 bits per heavy atom. The van der Waals surface area contributed by atoms with Crippen LogP contribution >= 0.6 is 0 Å². The Kier molecular flexibility index (Phi) is 3.89. The third-order valence-corrected chi connectivity index (χ3v) is 4.84. The number of nitrogens with zero attached hydrogens (tertiary/aromatic N) is 6. The summed E-state index contributed by atoms with van der Waals surface area (Å²) in [4.78, 5) is 16.9. The van der Waals surface area contributed by atoms with E-state index in [0.29, 0.717) is 23.9 Å². The van der Waals surface area contributed by atoms with Gasteiger partial charge in [-0.15, -0.1) is 5.10 Å². The van der Waals surface area contributed by atoms with E-state index in [-0.39, 0.29) is 5.56 Å². The van der Waals surface area contributed by atoms with Crippen LogP contribution in [-0.2, 0) is 6.54 Å². The molecule has 8 heteroatoms. The molecule has 8 nitrogen and oxygen atoms in total. The van der Waals surface area contributed by atoms with Crippen LogP contribution in [0.4, 0.5) is 5.69 Å². The van der Waals surface area contributed by atoms with Crippen molar-refractivity contribution in [2.75, 3.05) is 5.32 Å². The van der Waals surface area contributed by atoms with E-state index in [1.54, 1.807) is 16.7 Å². The maximum Gasteiger partial charge on any atom is 0.258 e. The van der Waals surface area contributed by atoms with Gasteiger partial charge in [0.2, 0.25) is 0 Å². The van der Waals surface area contributed by atoms with E-state index in [1.165, 1.54) is 0 Å². The lowest BCUT2D eigenvalue weighted by atomic mass is 10.2. The molecule has 0 bridgehead atoms. The van der Waals surface area contributed by atoms with E-state index >= 15 is 0 Å². The molecule has 1 aliphatic rings. The molecule has 1 aromatic carbocycles. The number of tetrazole rings is 1. The van der Waals surface area contributed by atoms with Crippen LogP contribution in [0.2, 0.25) is 0 Å². The largest absolute Gasteiger partial charge is 0.379 e. The van der Waals surface area contributed by atoms with Gasteiger partial charge in [-0.3, -0.25) is 9.20 Å². The summed E-state index contributed by atoms with van der Waals surface area (Å²) >= 11 is 0. The molecule has 0 radical (unpaired) electrons. The second-order valence-corrected chi connectivity index (χ2v) is 7.13. The van der Waals surface area contributed by atoms with E-state index in [0.717, 1.165) is 35.5 Å². The molecule has 5 rings (SSSR count). The van der Waals surface area contributed by atoms with Crippen LogP contribution < -0.4 is 10.9 Å². The van der Waals surface area contributed by atoms with Gasteiger partial charge >= 0.3 is 0 Å². The number of nitrogens with one attached hydrogen (secondary N) is 1. The normalized spacial score (nSPS) is 13.8. The molecule has 1 N–H and O–H groups in total. The number of rotatable bonds is 5. The highest BCUT2D eigenvalue weighted by Gasteiger charge is 2.28. The Bertz CT molecular complexity index is 1220. The summed E-state index contributed by atoms with van der Waals surface area (Å²) in [5.41, 5.74) is 4.17. The predicted octanol–water partition coefficient (Wildman–Crippen LogP) is 2.60. The Balaban J connectivity index is 1.38. The SMILES string of the molecule is Cc1ccc2nc(CNc3cccc(-c4nnnn4C4CC4)c3)cc(=O)n2c1. The van der Waals surface area contributed by atoms with Gasteiger partial charge in [0.05, 0.1) is 18.3 Å². The first-order chi connectivity index (χ1) is 13.7. The van der Waals surface area contributed by atoms with Crippen LogP contribution in [0.1, 0.15) is 30.1 Å². The van der Waals surface area contributed by atoms with Crippen LogP contribution in [0, 0.1) is 6.92 Å². The smallest absolute Gasteiger partial charge is 0.258 e. The molecule has 1 fully saturated rings. The van der Waals surface area contributed by atoms with E-state index in [9.17, 15) is 4.79 Å². The van der Waals surface area contributed by atoms with Gasteiger partial charge in [-0.1, -0.05) is 18.2 Å². The van der Waals surface area contributed by atoms with Gasteiger partial charge in [0.1, 0.15) is 5.65 Å². The summed E-state index contributed by atoms with van der Waals surface area (Å²) in [6.07, 6.45) is 4.05. The second-order valence-electron chi connectivity index (χ2n) is 7.13. The maximum atomic E-state index is 12.4. The molecule has 1 aliphatic carbocycles. The standard InChI is InChI=1S/C20H19N7O/c1-13-5-8-18-22-16(10-19(28)26(18)12-13)11-21-15-4-2-3-14(9-15)20-23-24-25-27(20)17-6-7-17/h2-5,8-10,12,17,21H,6-7,11H2,1H3. The fourth-order valence-electron chi connectivity index (χ4n) is 3.26. The van der Waals surface area contributed by atoms with E-state index in [1.807, 2.05) is 48.0 Å². The monoisotopic (exact) mass is 373 g/mol. The van der Waals surface area contributed by atoms with E-state index in [2.05, 4.69) is 25.8 Å². The van der Waals surface area contributed by atoms with Gasteiger partial charge in [-0.05, 0) is 54.0 Å². The van der Waals surface area contributed by atoms with Crippen LogP contribution in [0.25, 0.3) is 17.0 Å². The molecule has 0 saturated heterocycles. The summed E-state index contributed by atoms with van der Waals surface area (Å²) in [6, 6.07) is 13.8. The first-order valence-corrected chi connectivity index (χ1v) is 9.28. The topological polar surface area (TPSA) is 90.0 Å². The van der Waals surface area contributed by atoms with Crippen molar-refractivity contribution in [3.8, 4) is 11.4 Å². The number of aryl methyl sites for hydroxylation is 1. The summed E-state index contributed by atoms with van der Waals surface area (Å²) in [7, 11) is 0. The Morgan fingerprint density at radius 1 is 1.18 bits per heavy atom. The summed E-state index contributed by atoms with van der Waals surface area (Å²) in [5.74, 6) is 0.781. The highest BCUT2D eigenvalue weighted by Crippen LogP contribution is 2.36. The van der Waals surface area contributed by atoms with Gasteiger partial charge in [0.25, 0.3) is 5.56 Å². The number of aromatic nitrogens is 6. The molecule has 4 aromatic rings. The quantitative estimate of drug-likeness (QED) is 0.578. The minimum atomic E-state index is -0.0807. The van der Waals surface area contributed by atoms with E-state index < -0.39 is 0 Å². The van der Waals surface area contributed by atoms with Gasteiger partial charge < -0.3 is 5.32 Å². The average Bonchev–Trinajstić information content (AvgIpc) is 3.43. The van der Waals surface area contributed by atoms with E-state index in [4.69, 9.17) is 0 Å². The van der Waals surface area contributed by atoms with Crippen LogP contribution in [-0.4, -0.2) is 29.6 Å². The molecular weight excluding hydrogens is 354 g/mol. The van der Waals surface area contributed by atoms with Crippen molar-refractivity contribution in [2.45, 2.75) is 32.4 Å². The second kappa shape index (κ2) is 6.56. The lowest BCUT2D eigenvalue weighted by Gasteiger charge is -2.09. The van der Waals surface area contributed by atoms with Crippen molar-refractivity contribution in [1.82, 2.24) is 29.6 Å². The fraction of sp³-hybridized carbons (Fsp3) is 0.250. The van der Waals surface area contributed by atoms with Crippen molar-refractivity contribution in [3.63, 3.8) is 0 Å². The number of benzene rings is 1. The van der Waals surface area contributed by atoms with Crippen molar-refractivity contribution in [1.29, 1.82) is 0 Å². The first-order valence-electron chi connectivity index (χ1n) is 9.28. The summed E-state index contributed by atoms with van der Waals surface area (Å²) in [5, 5.41) is 15.5. The van der Waals surface area contributed by atoms with Crippen molar-refractivity contribution < 1.29 is 0 Å². The van der Waals surface area contributed by atoms with Gasteiger partial charge in [0.15, 0.2) is 5.82 Å². The Morgan fingerprint density at radius 3 is 2.93 bits per heavy atom. The van der Waals surface area contributed by atoms with Crippen LogP contribution in [0.3, 0.4) is 0 Å². The van der Waals surface area contributed by atoms with Gasteiger partial charge in [0, 0.05) is 23.5 Å². The molecule has 140 valence electrons. The zero-order valence-electron chi connectivity index (χ0n) is 15.4. The van der Waals surface area contributed by atoms with Gasteiger partial charge in [-0.2, -0.15) is 0 Å². The Labute approximate surface area is 160 Å². The van der Waals surface area contributed by atoms with Crippen molar-refractivity contribution in [3.05, 3.63) is 70.3 Å². The fourth-order valence-corrected chi connectivity index (χ4v) is 3.26. The Hall–Kier alpha value is -3.55. The molecule has 1 saturated carbocycles. The van der Waals surface area contributed by atoms with Gasteiger partial charge in [-0.25, -0.2) is 9.67 Å². The number of hydrogen-bond acceptors (Lipinski definition) is 6. The van der Waals surface area contributed by atoms with Crippen molar-refractivity contribution >= 4 is 11.3 Å². The molecule has 3 aromatic heterocycles. The average molecular weight is 373 g/mol. The predicted molar refractivity (Wildman–Crippen MR) is 105 cm³/mol. The van der Waals surface area contributed by atoms with Crippen molar-refractivity contribution in [2.24, 2.45) is 0 Å². The highest BCUT2D eigenvalue weighted by molar-refractivity contribution is 5.62. The molecule has 0 amide bonds. The summed E-state index contributed by atoms with van der Waals surface area (Å²) < 4.78 is 3.46. The minimum absolute atomic E-state index is 0.0807. The molecular formula is C20H19N7O. The van der Waals surface area contributed by atoms with Crippen LogP contribution in [0.15, 0.2) is 53.5 Å². The number of fused-ring (bicyclic) bond motifs is 1. The zero-order valence-corrected chi connectivity index (χ0v) is 15.4. The zero-order chi connectivity index (χ0) is 19.1. The molecule has 28 heavy (non-hydrogen) atoms. The molecule has 0 unspecified atom stereocenters. The summed E-state index contributed by atoms with van der Waals surface area (Å²) in [6.45, 7) is 2.41. The maximum absolute atomic E-state index is 12.4. The molecule has 0 spiro atoms. The number of pyridine rings is 1. The lowest BCUT2D eigenvalue weighted by Crippen LogP contribution is -2.17.